The van der Waals surface area contributed by atoms with Crippen LogP contribution in [0.4, 0.5) is 0 Å². The van der Waals surface area contributed by atoms with E-state index in [-0.39, 0.29) is 6.10 Å². The lowest BCUT2D eigenvalue weighted by Crippen LogP contribution is -2.42. The van der Waals surface area contributed by atoms with E-state index >= 15 is 0 Å². The minimum Gasteiger partial charge on any atom is -0.377 e. The van der Waals surface area contributed by atoms with Crippen LogP contribution in [0.2, 0.25) is 0 Å². The molecule has 0 spiro atoms. The molecule has 3 atom stereocenters. The van der Waals surface area contributed by atoms with Crippen LogP contribution in [0.3, 0.4) is 0 Å². The van der Waals surface area contributed by atoms with E-state index in [1.165, 1.54) is 12.0 Å². The summed E-state index contributed by atoms with van der Waals surface area (Å²) < 4.78 is 11.5. The molecule has 4 heteroatoms. The summed E-state index contributed by atoms with van der Waals surface area (Å²) in [5, 5.41) is 4.38. The molecule has 0 radical (unpaired) electrons. The highest BCUT2D eigenvalue weighted by molar-refractivity contribution is 7.07. The average molecular weight is 253 g/mol. The van der Waals surface area contributed by atoms with Gasteiger partial charge in [-0.1, -0.05) is 0 Å². The Morgan fingerprint density at radius 1 is 1.53 bits per heavy atom. The molecular weight excluding hydrogens is 234 g/mol. The van der Waals surface area contributed by atoms with Gasteiger partial charge >= 0.3 is 0 Å². The van der Waals surface area contributed by atoms with E-state index in [1.54, 1.807) is 11.3 Å². The summed E-state index contributed by atoms with van der Waals surface area (Å²) in [6.07, 6.45) is 2.92. The first-order chi connectivity index (χ1) is 8.38. The van der Waals surface area contributed by atoms with Crippen molar-refractivity contribution in [1.29, 1.82) is 0 Å². The maximum atomic E-state index is 5.88. The maximum Gasteiger partial charge on any atom is 0.0987 e. The molecule has 2 fully saturated rings. The van der Waals surface area contributed by atoms with Gasteiger partial charge in [0.15, 0.2) is 0 Å². The number of rotatable bonds is 3. The standard InChI is InChI=1S/C13H19NO2S/c1-15-13-11-2-3-12(13)16-6-5-14(11)8-10-4-7-17-9-10/h4,7,9,11-13H,2-3,5-6,8H2,1H3. The van der Waals surface area contributed by atoms with Crippen LogP contribution in [0.15, 0.2) is 16.8 Å². The zero-order chi connectivity index (χ0) is 11.7. The number of ether oxygens (including phenoxy) is 2. The van der Waals surface area contributed by atoms with E-state index < -0.39 is 0 Å². The molecule has 2 heterocycles. The highest BCUT2D eigenvalue weighted by atomic mass is 32.1. The van der Waals surface area contributed by atoms with Crippen molar-refractivity contribution in [3.8, 4) is 0 Å². The van der Waals surface area contributed by atoms with Crippen LogP contribution in [0.25, 0.3) is 0 Å². The molecule has 3 rings (SSSR count). The van der Waals surface area contributed by atoms with Crippen molar-refractivity contribution in [3.05, 3.63) is 22.4 Å². The Morgan fingerprint density at radius 2 is 2.47 bits per heavy atom. The van der Waals surface area contributed by atoms with Crippen molar-refractivity contribution in [2.75, 3.05) is 20.3 Å². The van der Waals surface area contributed by atoms with Crippen molar-refractivity contribution in [3.63, 3.8) is 0 Å². The van der Waals surface area contributed by atoms with Gasteiger partial charge < -0.3 is 9.47 Å². The van der Waals surface area contributed by atoms with E-state index in [0.717, 1.165) is 26.1 Å². The summed E-state index contributed by atoms with van der Waals surface area (Å²) in [5.74, 6) is 0. The molecular formula is C13H19NO2S. The van der Waals surface area contributed by atoms with E-state index in [0.29, 0.717) is 12.1 Å². The van der Waals surface area contributed by atoms with Crippen molar-refractivity contribution in [1.82, 2.24) is 4.90 Å². The van der Waals surface area contributed by atoms with Crippen LogP contribution in [0.5, 0.6) is 0 Å². The Labute approximate surface area is 106 Å². The molecule has 1 aliphatic carbocycles. The molecule has 0 amide bonds. The van der Waals surface area contributed by atoms with Crippen LogP contribution in [0.1, 0.15) is 18.4 Å². The van der Waals surface area contributed by atoms with Crippen LogP contribution < -0.4 is 0 Å². The Morgan fingerprint density at radius 3 is 3.24 bits per heavy atom. The lowest BCUT2D eigenvalue weighted by Gasteiger charge is -2.30. The van der Waals surface area contributed by atoms with Crippen LogP contribution in [0, 0.1) is 0 Å². The maximum absolute atomic E-state index is 5.88. The van der Waals surface area contributed by atoms with Crippen LogP contribution in [-0.4, -0.2) is 43.4 Å². The fourth-order valence-corrected chi connectivity index (χ4v) is 3.75. The number of nitrogens with zero attached hydrogens (tertiary/aromatic N) is 1. The molecule has 17 heavy (non-hydrogen) atoms. The molecule has 0 aromatic carbocycles. The molecule has 1 aliphatic heterocycles. The molecule has 2 aliphatic rings. The Hall–Kier alpha value is -0.420. The lowest BCUT2D eigenvalue weighted by atomic mass is 10.1. The molecule has 1 aromatic heterocycles. The minimum atomic E-state index is 0.260. The lowest BCUT2D eigenvalue weighted by molar-refractivity contribution is -0.0326. The molecule has 2 bridgehead atoms. The van der Waals surface area contributed by atoms with Gasteiger partial charge in [0.1, 0.15) is 0 Å². The van der Waals surface area contributed by atoms with Gasteiger partial charge in [0.05, 0.1) is 18.8 Å². The first-order valence-electron chi connectivity index (χ1n) is 6.28. The number of fused-ring (bicyclic) bond motifs is 2. The quantitative estimate of drug-likeness (QED) is 0.823. The molecule has 3 nitrogen and oxygen atoms in total. The summed E-state index contributed by atoms with van der Waals surface area (Å²) in [6.45, 7) is 2.89. The van der Waals surface area contributed by atoms with E-state index in [9.17, 15) is 0 Å². The van der Waals surface area contributed by atoms with Gasteiger partial charge in [-0.25, -0.2) is 0 Å². The first kappa shape index (κ1) is 11.7. The summed E-state index contributed by atoms with van der Waals surface area (Å²) in [7, 11) is 1.81. The third kappa shape index (κ3) is 2.27. The molecule has 1 saturated carbocycles. The van der Waals surface area contributed by atoms with Crippen LogP contribution >= 0.6 is 11.3 Å². The fourth-order valence-electron chi connectivity index (χ4n) is 3.09. The topological polar surface area (TPSA) is 21.7 Å². The molecule has 1 aromatic rings. The zero-order valence-corrected chi connectivity index (χ0v) is 11.0. The predicted octanol–water partition coefficient (Wildman–Crippen LogP) is 2.13. The number of methoxy groups -OCH3 is 1. The number of hydrogen-bond acceptors (Lipinski definition) is 4. The number of thiophene rings is 1. The Bertz CT molecular complexity index is 354. The SMILES string of the molecule is COC1C2CCC1N(Cc1ccsc1)CCO2. The Balaban J connectivity index is 1.74. The molecule has 1 saturated heterocycles. The predicted molar refractivity (Wildman–Crippen MR) is 68.3 cm³/mol. The van der Waals surface area contributed by atoms with Gasteiger partial charge in [-0.15, -0.1) is 0 Å². The van der Waals surface area contributed by atoms with Gasteiger partial charge in [-0.3, -0.25) is 4.90 Å². The monoisotopic (exact) mass is 253 g/mol. The summed E-state index contributed by atoms with van der Waals surface area (Å²) in [5.41, 5.74) is 1.41. The molecule has 3 unspecified atom stereocenters. The highest BCUT2D eigenvalue weighted by Crippen LogP contribution is 2.32. The number of hydrogen-bond donors (Lipinski definition) is 0. The van der Waals surface area contributed by atoms with Crippen molar-refractivity contribution in [2.45, 2.75) is 37.6 Å². The second-order valence-corrected chi connectivity index (χ2v) is 5.64. The average Bonchev–Trinajstić information content (AvgIpc) is 2.90. The fraction of sp³-hybridized carbons (Fsp3) is 0.692. The third-order valence-corrected chi connectivity index (χ3v) is 4.64. The summed E-state index contributed by atoms with van der Waals surface area (Å²) in [6, 6.07) is 2.75. The van der Waals surface area contributed by atoms with Gasteiger partial charge in [-0.2, -0.15) is 11.3 Å². The van der Waals surface area contributed by atoms with E-state index in [1.807, 2.05) is 7.11 Å². The summed E-state index contributed by atoms with van der Waals surface area (Å²) >= 11 is 1.77. The molecule has 94 valence electrons. The zero-order valence-electron chi connectivity index (χ0n) is 10.2. The largest absolute Gasteiger partial charge is 0.377 e. The van der Waals surface area contributed by atoms with Gasteiger partial charge in [0.2, 0.25) is 0 Å². The van der Waals surface area contributed by atoms with Crippen molar-refractivity contribution in [2.24, 2.45) is 0 Å². The van der Waals surface area contributed by atoms with E-state index in [2.05, 4.69) is 21.7 Å². The van der Waals surface area contributed by atoms with Gasteiger partial charge in [-0.05, 0) is 35.2 Å². The van der Waals surface area contributed by atoms with Gasteiger partial charge in [0, 0.05) is 26.2 Å². The second kappa shape index (κ2) is 5.06. The highest BCUT2D eigenvalue weighted by Gasteiger charge is 2.42. The molecule has 0 N–H and O–H groups in total. The first-order valence-corrected chi connectivity index (χ1v) is 7.22. The second-order valence-electron chi connectivity index (χ2n) is 4.86. The van der Waals surface area contributed by atoms with Crippen molar-refractivity contribution < 1.29 is 9.47 Å². The van der Waals surface area contributed by atoms with Crippen molar-refractivity contribution >= 4 is 11.3 Å². The summed E-state index contributed by atoms with van der Waals surface area (Å²) in [4.78, 5) is 2.53. The third-order valence-electron chi connectivity index (χ3n) is 3.91. The van der Waals surface area contributed by atoms with Crippen LogP contribution in [-0.2, 0) is 16.0 Å². The minimum absolute atomic E-state index is 0.260. The normalized spacial score (nSPS) is 33.8. The smallest absolute Gasteiger partial charge is 0.0987 e. The van der Waals surface area contributed by atoms with E-state index in [4.69, 9.17) is 9.47 Å². The Kier molecular flexibility index (Phi) is 3.47. The van der Waals surface area contributed by atoms with Gasteiger partial charge in [0.25, 0.3) is 0 Å².